The molecule has 2 aliphatic rings. The summed E-state index contributed by atoms with van der Waals surface area (Å²) in [4.78, 5) is 2.68. The van der Waals surface area contributed by atoms with Crippen molar-refractivity contribution in [3.8, 4) is 0 Å². The zero-order chi connectivity index (χ0) is 18.0. The summed E-state index contributed by atoms with van der Waals surface area (Å²) in [7, 11) is -3.61. The summed E-state index contributed by atoms with van der Waals surface area (Å²) < 4.78 is 26.0. The molecule has 4 nitrogen and oxygen atoms in total. The van der Waals surface area contributed by atoms with Crippen LogP contribution in [0.2, 0.25) is 0 Å². The fourth-order valence-corrected chi connectivity index (χ4v) is 5.45. The molecule has 2 aliphatic carbocycles. The molecular formula is C19H25IN2O2S. The molecule has 1 atom stereocenters. The number of aryl methyl sites for hydroxylation is 1. The maximum atomic E-state index is 12.4. The Labute approximate surface area is 164 Å². The van der Waals surface area contributed by atoms with Crippen molar-refractivity contribution in [3.63, 3.8) is 0 Å². The Kier molecular flexibility index (Phi) is 5.88. The molecule has 0 unspecified atom stereocenters. The van der Waals surface area contributed by atoms with Crippen LogP contribution in [0.3, 0.4) is 0 Å². The van der Waals surface area contributed by atoms with Crippen molar-refractivity contribution in [2.75, 3.05) is 0 Å². The smallest absolute Gasteiger partial charge is 0.200 e. The largest absolute Gasteiger partial charge is 0.276 e. The van der Waals surface area contributed by atoms with E-state index in [1.807, 2.05) is 6.92 Å². The first-order chi connectivity index (χ1) is 11.9. The molecule has 0 saturated heterocycles. The predicted molar refractivity (Wildman–Crippen MR) is 110 cm³/mol. The number of hydrogen-bond acceptors (Lipinski definition) is 3. The molecule has 0 aliphatic heterocycles. The molecule has 0 spiro atoms. The first-order valence-electron chi connectivity index (χ1n) is 8.90. The van der Waals surface area contributed by atoms with Gasteiger partial charge < -0.3 is 0 Å². The number of sulfonamides is 1. The van der Waals surface area contributed by atoms with Crippen LogP contribution in [0, 0.1) is 18.8 Å². The van der Waals surface area contributed by atoms with Gasteiger partial charge in [0.1, 0.15) is 0 Å². The maximum Gasteiger partial charge on any atom is 0.276 e. The summed E-state index contributed by atoms with van der Waals surface area (Å²) in [6.45, 7) is 4.11. The Balaban J connectivity index is 1.74. The van der Waals surface area contributed by atoms with Crippen molar-refractivity contribution < 1.29 is 8.42 Å². The minimum atomic E-state index is -3.61. The number of halogens is 1. The van der Waals surface area contributed by atoms with E-state index in [0.717, 1.165) is 27.2 Å². The predicted octanol–water partition coefficient (Wildman–Crippen LogP) is 4.94. The topological polar surface area (TPSA) is 58.5 Å². The summed E-state index contributed by atoms with van der Waals surface area (Å²) in [6, 6.07) is 6.82. The third kappa shape index (κ3) is 4.27. The highest BCUT2D eigenvalue weighted by Gasteiger charge is 2.33. The highest BCUT2D eigenvalue weighted by Crippen LogP contribution is 2.43. The molecule has 1 N–H and O–H groups in total. The lowest BCUT2D eigenvalue weighted by Crippen LogP contribution is -2.21. The summed E-state index contributed by atoms with van der Waals surface area (Å²) in [5, 5.41) is 4.28. The molecule has 0 bridgehead atoms. The van der Waals surface area contributed by atoms with E-state index < -0.39 is 10.0 Å². The Morgan fingerprint density at radius 3 is 2.36 bits per heavy atom. The monoisotopic (exact) mass is 472 g/mol. The Hall–Kier alpha value is -0.890. The van der Waals surface area contributed by atoms with Crippen LogP contribution >= 0.6 is 22.6 Å². The van der Waals surface area contributed by atoms with Gasteiger partial charge in [0, 0.05) is 3.58 Å². The zero-order valence-corrected chi connectivity index (χ0v) is 17.7. The van der Waals surface area contributed by atoms with Gasteiger partial charge in [-0.25, -0.2) is 0 Å². The van der Waals surface area contributed by atoms with E-state index in [1.165, 1.54) is 37.7 Å². The molecular weight excluding hydrogens is 447 g/mol. The summed E-state index contributed by atoms with van der Waals surface area (Å²) >= 11 is 2.32. The van der Waals surface area contributed by atoms with Gasteiger partial charge in [0.2, 0.25) is 0 Å². The van der Waals surface area contributed by atoms with E-state index in [1.54, 1.807) is 24.3 Å². The average Bonchev–Trinajstić information content (AvgIpc) is 2.89. The van der Waals surface area contributed by atoms with Crippen molar-refractivity contribution in [2.45, 2.75) is 57.3 Å². The van der Waals surface area contributed by atoms with Crippen molar-refractivity contribution in [1.82, 2.24) is 4.83 Å². The van der Waals surface area contributed by atoms with E-state index in [9.17, 15) is 8.42 Å². The lowest BCUT2D eigenvalue weighted by molar-refractivity contribution is 0.285. The Morgan fingerprint density at radius 1 is 1.08 bits per heavy atom. The number of benzene rings is 1. The highest BCUT2D eigenvalue weighted by atomic mass is 127. The molecule has 0 aromatic heterocycles. The quantitative estimate of drug-likeness (QED) is 0.499. The van der Waals surface area contributed by atoms with Gasteiger partial charge in [-0.15, -0.1) is 0 Å². The summed E-state index contributed by atoms with van der Waals surface area (Å²) in [6.07, 6.45) is 7.41. The molecule has 1 aromatic rings. The minimum Gasteiger partial charge on any atom is -0.200 e. The number of nitrogens with zero attached hydrogens (tertiary/aromatic N) is 1. The number of nitrogens with one attached hydrogen (secondary N) is 1. The van der Waals surface area contributed by atoms with Crippen LogP contribution in [0.4, 0.5) is 0 Å². The van der Waals surface area contributed by atoms with Crippen LogP contribution < -0.4 is 4.83 Å². The fraction of sp³-hybridized carbons (Fsp3) is 0.526. The molecule has 1 fully saturated rings. The first-order valence-corrected chi connectivity index (χ1v) is 11.5. The van der Waals surface area contributed by atoms with Crippen molar-refractivity contribution in [2.24, 2.45) is 16.9 Å². The molecule has 0 radical (unpaired) electrons. The third-order valence-corrected chi connectivity index (χ3v) is 8.12. The molecule has 6 heteroatoms. The molecule has 3 rings (SSSR count). The van der Waals surface area contributed by atoms with Gasteiger partial charge in [-0.1, -0.05) is 42.5 Å². The molecule has 1 aromatic carbocycles. The molecule has 0 heterocycles. The SMILES string of the molecule is CC1=C(I)/C(=N/NS(=O)(=O)c2ccc(C)cc2)C[C@@H]1C1CCCCC1. The maximum absolute atomic E-state index is 12.4. The molecule has 25 heavy (non-hydrogen) atoms. The van der Waals surface area contributed by atoms with Crippen molar-refractivity contribution in [1.29, 1.82) is 0 Å². The fourth-order valence-electron chi connectivity index (χ4n) is 3.88. The first kappa shape index (κ1) is 18.9. The van der Waals surface area contributed by atoms with E-state index >= 15 is 0 Å². The van der Waals surface area contributed by atoms with E-state index in [4.69, 9.17) is 0 Å². The van der Waals surface area contributed by atoms with Gasteiger partial charge in [0.25, 0.3) is 10.0 Å². The van der Waals surface area contributed by atoms with Crippen LogP contribution in [0.5, 0.6) is 0 Å². The van der Waals surface area contributed by atoms with E-state index in [2.05, 4.69) is 39.4 Å². The number of hydrazone groups is 1. The highest BCUT2D eigenvalue weighted by molar-refractivity contribution is 14.1. The molecule has 1 saturated carbocycles. The Morgan fingerprint density at radius 2 is 1.72 bits per heavy atom. The summed E-state index contributed by atoms with van der Waals surface area (Å²) in [5.41, 5.74) is 3.29. The van der Waals surface area contributed by atoms with Crippen LogP contribution in [-0.2, 0) is 10.0 Å². The van der Waals surface area contributed by atoms with Gasteiger partial charge in [-0.3, -0.25) is 0 Å². The lowest BCUT2D eigenvalue weighted by atomic mass is 9.77. The molecule has 0 amide bonds. The Bertz CT molecular complexity index is 791. The number of hydrogen-bond donors (Lipinski definition) is 1. The van der Waals surface area contributed by atoms with Crippen LogP contribution in [0.1, 0.15) is 51.0 Å². The standard InChI is InChI=1S/C19H25IN2O2S/c1-13-8-10-16(11-9-13)25(23,24)22-21-18-12-17(14(2)19(18)20)15-6-4-3-5-7-15/h8-11,15,17,22H,3-7,12H2,1-2H3/b21-18+/t17-/m0/s1. The molecule has 136 valence electrons. The van der Waals surface area contributed by atoms with Crippen LogP contribution in [0.15, 0.2) is 43.4 Å². The van der Waals surface area contributed by atoms with Gasteiger partial charge in [-0.05, 0) is 79.7 Å². The lowest BCUT2D eigenvalue weighted by Gasteiger charge is -2.28. The van der Waals surface area contributed by atoms with Gasteiger partial charge in [0.05, 0.1) is 10.6 Å². The second kappa shape index (κ2) is 7.78. The van der Waals surface area contributed by atoms with Crippen LogP contribution in [-0.4, -0.2) is 14.1 Å². The van der Waals surface area contributed by atoms with Crippen LogP contribution in [0.25, 0.3) is 0 Å². The number of allylic oxidation sites excluding steroid dienone is 2. The van der Waals surface area contributed by atoms with E-state index in [-0.39, 0.29) is 4.90 Å². The zero-order valence-electron chi connectivity index (χ0n) is 14.8. The van der Waals surface area contributed by atoms with Gasteiger partial charge in [-0.2, -0.15) is 18.4 Å². The van der Waals surface area contributed by atoms with Crippen molar-refractivity contribution in [3.05, 3.63) is 39.0 Å². The summed E-state index contributed by atoms with van der Waals surface area (Å²) in [5.74, 6) is 1.25. The number of rotatable bonds is 4. The normalized spacial score (nSPS) is 24.1. The van der Waals surface area contributed by atoms with Gasteiger partial charge in [0.15, 0.2) is 0 Å². The third-order valence-electron chi connectivity index (χ3n) is 5.42. The van der Waals surface area contributed by atoms with E-state index in [0.29, 0.717) is 5.92 Å². The van der Waals surface area contributed by atoms with Gasteiger partial charge >= 0.3 is 0 Å². The van der Waals surface area contributed by atoms with Crippen molar-refractivity contribution >= 4 is 38.3 Å². The second-order valence-corrected chi connectivity index (χ2v) is 9.91. The second-order valence-electron chi connectivity index (χ2n) is 7.17. The minimum absolute atomic E-state index is 0.250. The average molecular weight is 472 g/mol.